The molecule has 0 aliphatic carbocycles. The molecule has 3 nitrogen and oxygen atoms in total. The van der Waals surface area contributed by atoms with Crippen LogP contribution in [0.5, 0.6) is 11.7 Å². The third kappa shape index (κ3) is 0.811. The molecule has 0 atom stereocenters. The van der Waals surface area contributed by atoms with Gasteiger partial charge in [-0.15, -0.1) is 0 Å². The van der Waals surface area contributed by atoms with E-state index in [2.05, 4.69) is 0 Å². The minimum Gasteiger partial charge on any atom is -0.422 e. The second-order valence-corrected chi connectivity index (χ2v) is 3.15. The van der Waals surface area contributed by atoms with Crippen molar-refractivity contribution in [2.75, 3.05) is 0 Å². The van der Waals surface area contributed by atoms with Crippen LogP contribution in [0.25, 0.3) is 11.0 Å². The van der Waals surface area contributed by atoms with E-state index in [1.165, 1.54) is 0 Å². The lowest BCUT2D eigenvalue weighted by Gasteiger charge is -1.93. The van der Waals surface area contributed by atoms with Crippen molar-refractivity contribution < 1.29 is 9.15 Å². The lowest BCUT2D eigenvalue weighted by molar-refractivity contribution is 0.491. The summed E-state index contributed by atoms with van der Waals surface area (Å²) in [5.74, 6) is 0.722. The largest absolute Gasteiger partial charge is 0.422 e. The second kappa shape index (κ2) is 1.93. The van der Waals surface area contributed by atoms with Crippen molar-refractivity contribution in [1.29, 1.82) is 0 Å². The van der Waals surface area contributed by atoms with E-state index in [-0.39, 0.29) is 5.43 Å². The molecule has 1 aliphatic heterocycles. The van der Waals surface area contributed by atoms with Crippen molar-refractivity contribution in [3.05, 3.63) is 34.0 Å². The lowest BCUT2D eigenvalue weighted by Crippen LogP contribution is -1.94. The van der Waals surface area contributed by atoms with E-state index >= 15 is 0 Å². The van der Waals surface area contributed by atoms with Crippen LogP contribution in [0.15, 0.2) is 27.4 Å². The summed E-state index contributed by atoms with van der Waals surface area (Å²) < 4.78 is 10.1. The van der Waals surface area contributed by atoms with E-state index in [1.54, 1.807) is 6.07 Å². The van der Waals surface area contributed by atoms with Gasteiger partial charge in [-0.3, -0.25) is 4.79 Å². The molecule has 0 amide bonds. The number of fused-ring (bicyclic) bond motifs is 2. The maximum absolute atomic E-state index is 11.5. The molecule has 3 rings (SSSR count). The number of ether oxygens (including phenoxy) is 1. The average molecular weight is 174 g/mol. The van der Waals surface area contributed by atoms with E-state index in [0.29, 0.717) is 22.7 Å². The molecule has 0 spiro atoms. The molecule has 0 saturated carbocycles. The Bertz CT molecular complexity index is 566. The number of hydrogen-bond acceptors (Lipinski definition) is 3. The van der Waals surface area contributed by atoms with E-state index in [0.717, 1.165) is 5.56 Å². The van der Waals surface area contributed by atoms with E-state index in [9.17, 15) is 4.79 Å². The maximum Gasteiger partial charge on any atom is 0.340 e. The molecular weight excluding hydrogens is 168 g/mol. The number of aryl methyl sites for hydroxylation is 1. The Labute approximate surface area is 73.6 Å². The van der Waals surface area contributed by atoms with Crippen LogP contribution in [0.4, 0.5) is 0 Å². The third-order valence-corrected chi connectivity index (χ3v) is 2.13. The van der Waals surface area contributed by atoms with Gasteiger partial charge in [0.2, 0.25) is 5.43 Å². The van der Waals surface area contributed by atoms with Crippen molar-refractivity contribution >= 4 is 11.0 Å². The fraction of sp³-hybridized carbons (Fsp3) is 0.100. The van der Waals surface area contributed by atoms with Gasteiger partial charge in [0.1, 0.15) is 5.58 Å². The first kappa shape index (κ1) is 6.71. The van der Waals surface area contributed by atoms with Crippen molar-refractivity contribution in [2.24, 2.45) is 0 Å². The summed E-state index contributed by atoms with van der Waals surface area (Å²) >= 11 is 0. The quantitative estimate of drug-likeness (QED) is 0.490. The van der Waals surface area contributed by atoms with Gasteiger partial charge in [0, 0.05) is 0 Å². The third-order valence-electron chi connectivity index (χ3n) is 2.13. The molecule has 1 aliphatic rings. The Hall–Kier alpha value is -1.77. The van der Waals surface area contributed by atoms with Crippen LogP contribution in [0.3, 0.4) is 0 Å². The summed E-state index contributed by atoms with van der Waals surface area (Å²) in [4.78, 5) is 11.5. The van der Waals surface area contributed by atoms with Gasteiger partial charge in [-0.05, 0) is 19.1 Å². The summed E-state index contributed by atoms with van der Waals surface area (Å²) in [6.07, 6.45) is 0. The molecule has 2 aromatic rings. The topological polar surface area (TPSA) is 42.7 Å². The smallest absolute Gasteiger partial charge is 0.340 e. The van der Waals surface area contributed by atoms with Gasteiger partial charge >= 0.3 is 5.95 Å². The molecule has 1 aromatic carbocycles. The van der Waals surface area contributed by atoms with E-state index in [4.69, 9.17) is 9.15 Å². The van der Waals surface area contributed by atoms with Gasteiger partial charge in [0.25, 0.3) is 5.75 Å². The minimum absolute atomic E-state index is 0.0695. The molecule has 2 heterocycles. The molecule has 0 fully saturated rings. The van der Waals surface area contributed by atoms with Gasteiger partial charge in [-0.25, -0.2) is 0 Å². The first-order chi connectivity index (χ1) is 6.25. The molecule has 64 valence electrons. The van der Waals surface area contributed by atoms with Crippen molar-refractivity contribution in [1.82, 2.24) is 0 Å². The Balaban J connectivity index is 2.57. The van der Waals surface area contributed by atoms with Crippen LogP contribution in [-0.4, -0.2) is 0 Å². The van der Waals surface area contributed by atoms with Gasteiger partial charge in [0.05, 0.1) is 5.39 Å². The number of benzene rings is 1. The van der Waals surface area contributed by atoms with Gasteiger partial charge in [0.15, 0.2) is 0 Å². The predicted octanol–water partition coefficient (Wildman–Crippen LogP) is 2.21. The summed E-state index contributed by atoms with van der Waals surface area (Å²) in [7, 11) is 0. The Morgan fingerprint density at radius 2 is 2.15 bits per heavy atom. The highest BCUT2D eigenvalue weighted by Crippen LogP contribution is 2.43. The van der Waals surface area contributed by atoms with Crippen LogP contribution in [-0.2, 0) is 0 Å². The lowest BCUT2D eigenvalue weighted by atomic mass is 10.1. The van der Waals surface area contributed by atoms with Gasteiger partial charge < -0.3 is 9.15 Å². The van der Waals surface area contributed by atoms with Gasteiger partial charge in [-0.2, -0.15) is 0 Å². The molecule has 0 bridgehead atoms. The van der Waals surface area contributed by atoms with Crippen LogP contribution in [0, 0.1) is 6.92 Å². The fourth-order valence-electron chi connectivity index (χ4n) is 1.41. The van der Waals surface area contributed by atoms with Crippen LogP contribution in [0.1, 0.15) is 5.56 Å². The average Bonchev–Trinajstić information content (AvgIpc) is 2.86. The molecular formula is C10H6O3. The SMILES string of the molecule is Cc1ccc2oc3c(c(=O)c2c1)O3. The predicted molar refractivity (Wildman–Crippen MR) is 47.3 cm³/mol. The van der Waals surface area contributed by atoms with Gasteiger partial charge in [-0.1, -0.05) is 11.6 Å². The minimum atomic E-state index is -0.0695. The highest BCUT2D eigenvalue weighted by atomic mass is 16.7. The Morgan fingerprint density at radius 1 is 1.31 bits per heavy atom. The summed E-state index contributed by atoms with van der Waals surface area (Å²) in [6.45, 7) is 1.94. The zero-order valence-corrected chi connectivity index (χ0v) is 6.96. The van der Waals surface area contributed by atoms with Crippen molar-refractivity contribution in [2.45, 2.75) is 6.92 Å². The highest BCUT2D eigenvalue weighted by Gasteiger charge is 2.30. The first-order valence-electron chi connectivity index (χ1n) is 4.01. The Kier molecular flexibility index (Phi) is 0.999. The van der Waals surface area contributed by atoms with Crippen LogP contribution < -0.4 is 10.2 Å². The standard InChI is InChI=1S/C10H6O3/c1-5-2-3-7-6(4-5)8(11)9-10(12-7)13-9/h2-4H,1H3. The molecule has 0 N–H and O–H groups in total. The zero-order chi connectivity index (χ0) is 9.00. The summed E-state index contributed by atoms with van der Waals surface area (Å²) in [5.41, 5.74) is 1.56. The van der Waals surface area contributed by atoms with Crippen molar-refractivity contribution in [3.63, 3.8) is 0 Å². The number of hydrogen-bond donors (Lipinski definition) is 0. The summed E-state index contributed by atoms with van der Waals surface area (Å²) in [6, 6.07) is 5.50. The second-order valence-electron chi connectivity index (χ2n) is 3.15. The molecule has 0 unspecified atom stereocenters. The van der Waals surface area contributed by atoms with E-state index < -0.39 is 0 Å². The van der Waals surface area contributed by atoms with Crippen LogP contribution >= 0.6 is 0 Å². The first-order valence-corrected chi connectivity index (χ1v) is 4.01. The fourth-order valence-corrected chi connectivity index (χ4v) is 1.41. The number of rotatable bonds is 0. The van der Waals surface area contributed by atoms with Crippen LogP contribution in [0.2, 0.25) is 0 Å². The monoisotopic (exact) mass is 174 g/mol. The van der Waals surface area contributed by atoms with E-state index in [1.807, 2.05) is 19.1 Å². The van der Waals surface area contributed by atoms with Crippen molar-refractivity contribution in [3.8, 4) is 11.7 Å². The summed E-state index contributed by atoms with van der Waals surface area (Å²) in [5, 5.41) is 0.594. The molecule has 0 saturated heterocycles. The molecule has 13 heavy (non-hydrogen) atoms. The Morgan fingerprint density at radius 3 is 3.00 bits per heavy atom. The zero-order valence-electron chi connectivity index (χ0n) is 6.96. The molecule has 1 aromatic heterocycles. The normalized spacial score (nSPS) is 12.4. The molecule has 0 radical (unpaired) electrons. The molecule has 3 heteroatoms. The highest BCUT2D eigenvalue weighted by molar-refractivity contribution is 5.81. The maximum atomic E-state index is 11.5.